The van der Waals surface area contributed by atoms with Gasteiger partial charge in [0.2, 0.25) is 0 Å². The summed E-state index contributed by atoms with van der Waals surface area (Å²) in [5, 5.41) is 7.78. The Morgan fingerprint density at radius 3 is 2.67 bits per heavy atom. The quantitative estimate of drug-likeness (QED) is 0.622. The highest BCUT2D eigenvalue weighted by Gasteiger charge is 2.06. The van der Waals surface area contributed by atoms with Crippen LogP contribution in [0, 0.1) is 0 Å². The number of benzene rings is 1. The molecule has 0 aliphatic heterocycles. The Balaban J connectivity index is 2.33. The molecule has 0 aliphatic rings. The lowest BCUT2D eigenvalue weighted by Crippen LogP contribution is -2.37. The number of halogens is 1. The van der Waals surface area contributed by atoms with E-state index in [9.17, 15) is 0 Å². The summed E-state index contributed by atoms with van der Waals surface area (Å²) < 4.78 is 4.97. The van der Waals surface area contributed by atoms with Gasteiger partial charge in [-0.05, 0) is 43.3 Å². The fourth-order valence-electron chi connectivity index (χ4n) is 1.50. The zero-order chi connectivity index (χ0) is 13.4. The second-order valence-corrected chi connectivity index (χ2v) is 4.86. The molecule has 18 heavy (non-hydrogen) atoms. The van der Waals surface area contributed by atoms with Crippen LogP contribution in [0.4, 0.5) is 0 Å². The van der Waals surface area contributed by atoms with Crippen LogP contribution in [0.3, 0.4) is 0 Å². The van der Waals surface area contributed by atoms with Crippen molar-refractivity contribution in [1.82, 2.24) is 10.6 Å². The molecule has 0 spiro atoms. The molecule has 0 heterocycles. The van der Waals surface area contributed by atoms with Crippen LogP contribution in [0.1, 0.15) is 24.9 Å². The van der Waals surface area contributed by atoms with Crippen molar-refractivity contribution in [3.63, 3.8) is 0 Å². The highest BCUT2D eigenvalue weighted by atomic mass is 35.5. The van der Waals surface area contributed by atoms with Crippen molar-refractivity contribution < 1.29 is 4.74 Å². The summed E-state index contributed by atoms with van der Waals surface area (Å²) in [6.45, 7) is 3.61. The lowest BCUT2D eigenvalue weighted by atomic mass is 10.1. The monoisotopic (exact) mass is 286 g/mol. The molecule has 1 aromatic carbocycles. The summed E-state index contributed by atoms with van der Waals surface area (Å²) in [4.78, 5) is 0. The topological polar surface area (TPSA) is 33.3 Å². The molecule has 0 saturated heterocycles. The number of thiocarbonyl (C=S) groups is 1. The van der Waals surface area contributed by atoms with E-state index in [-0.39, 0.29) is 6.04 Å². The molecule has 100 valence electrons. The van der Waals surface area contributed by atoms with Gasteiger partial charge in [-0.25, -0.2) is 0 Å². The fourth-order valence-corrected chi connectivity index (χ4v) is 1.91. The van der Waals surface area contributed by atoms with Crippen molar-refractivity contribution in [3.8, 4) is 0 Å². The third-order valence-corrected chi connectivity index (χ3v) is 3.04. The van der Waals surface area contributed by atoms with Crippen molar-refractivity contribution in [2.75, 3.05) is 20.3 Å². The zero-order valence-corrected chi connectivity index (χ0v) is 12.3. The average Bonchev–Trinajstić information content (AvgIpc) is 2.35. The SMILES string of the molecule is COCCCNC(=S)NC(C)c1ccc(Cl)cc1. The number of hydrogen-bond donors (Lipinski definition) is 2. The first-order chi connectivity index (χ1) is 8.63. The molecule has 0 radical (unpaired) electrons. The molecule has 0 aliphatic carbocycles. The largest absolute Gasteiger partial charge is 0.385 e. The third kappa shape index (κ3) is 5.67. The van der Waals surface area contributed by atoms with Crippen LogP contribution in [-0.4, -0.2) is 25.4 Å². The van der Waals surface area contributed by atoms with Crippen LogP contribution in [-0.2, 0) is 4.74 Å². The lowest BCUT2D eigenvalue weighted by molar-refractivity contribution is 0.195. The molecular formula is C13H19ClN2OS. The van der Waals surface area contributed by atoms with Gasteiger partial charge in [-0.15, -0.1) is 0 Å². The molecule has 0 aromatic heterocycles. The molecule has 0 fully saturated rings. The average molecular weight is 287 g/mol. The number of nitrogens with one attached hydrogen (secondary N) is 2. The maximum absolute atomic E-state index is 5.85. The Morgan fingerprint density at radius 2 is 2.06 bits per heavy atom. The van der Waals surface area contributed by atoms with E-state index in [0.717, 1.165) is 30.2 Å². The van der Waals surface area contributed by atoms with E-state index in [4.69, 9.17) is 28.6 Å². The van der Waals surface area contributed by atoms with Crippen LogP contribution >= 0.6 is 23.8 Å². The van der Waals surface area contributed by atoms with Gasteiger partial charge in [0.15, 0.2) is 5.11 Å². The molecular weight excluding hydrogens is 268 g/mol. The highest BCUT2D eigenvalue weighted by Crippen LogP contribution is 2.15. The number of rotatable bonds is 6. The normalized spacial score (nSPS) is 11.9. The summed E-state index contributed by atoms with van der Waals surface area (Å²) >= 11 is 11.1. The maximum Gasteiger partial charge on any atom is 0.166 e. The fraction of sp³-hybridized carbons (Fsp3) is 0.462. The Kier molecular flexibility index (Phi) is 7.01. The van der Waals surface area contributed by atoms with Gasteiger partial charge in [0, 0.05) is 25.3 Å². The molecule has 0 bridgehead atoms. The van der Waals surface area contributed by atoms with Crippen LogP contribution < -0.4 is 10.6 Å². The summed E-state index contributed by atoms with van der Waals surface area (Å²) in [6, 6.07) is 7.90. The second-order valence-electron chi connectivity index (χ2n) is 4.02. The van der Waals surface area contributed by atoms with E-state index in [1.807, 2.05) is 24.3 Å². The van der Waals surface area contributed by atoms with Crippen molar-refractivity contribution >= 4 is 28.9 Å². The molecule has 1 aromatic rings. The van der Waals surface area contributed by atoms with Gasteiger partial charge < -0.3 is 15.4 Å². The molecule has 0 amide bonds. The standard InChI is InChI=1S/C13H19ClN2OS/c1-10(11-4-6-12(14)7-5-11)16-13(18)15-8-3-9-17-2/h4-7,10H,3,8-9H2,1-2H3,(H2,15,16,18). The smallest absolute Gasteiger partial charge is 0.166 e. The predicted octanol–water partition coefficient (Wildman–Crippen LogP) is 2.90. The van der Waals surface area contributed by atoms with Crippen LogP contribution in [0.25, 0.3) is 0 Å². The van der Waals surface area contributed by atoms with E-state index in [1.54, 1.807) is 7.11 Å². The van der Waals surface area contributed by atoms with Crippen molar-refractivity contribution in [1.29, 1.82) is 0 Å². The Morgan fingerprint density at radius 1 is 1.39 bits per heavy atom. The second kappa shape index (κ2) is 8.29. The highest BCUT2D eigenvalue weighted by molar-refractivity contribution is 7.80. The summed E-state index contributed by atoms with van der Waals surface area (Å²) in [5.41, 5.74) is 1.15. The summed E-state index contributed by atoms with van der Waals surface area (Å²) in [6.07, 6.45) is 0.938. The Hall–Kier alpha value is -0.840. The zero-order valence-electron chi connectivity index (χ0n) is 10.7. The van der Waals surface area contributed by atoms with Crippen LogP contribution in [0.2, 0.25) is 5.02 Å². The first kappa shape index (κ1) is 15.2. The van der Waals surface area contributed by atoms with Crippen molar-refractivity contribution in [2.24, 2.45) is 0 Å². The van der Waals surface area contributed by atoms with Crippen LogP contribution in [0.15, 0.2) is 24.3 Å². The van der Waals surface area contributed by atoms with Gasteiger partial charge in [0.1, 0.15) is 0 Å². The van der Waals surface area contributed by atoms with E-state index in [1.165, 1.54) is 0 Å². The van der Waals surface area contributed by atoms with Gasteiger partial charge >= 0.3 is 0 Å². The molecule has 1 atom stereocenters. The summed E-state index contributed by atoms with van der Waals surface area (Å²) in [7, 11) is 1.69. The third-order valence-electron chi connectivity index (χ3n) is 2.53. The van der Waals surface area contributed by atoms with E-state index in [0.29, 0.717) is 5.11 Å². The Bertz CT molecular complexity index is 370. The van der Waals surface area contributed by atoms with Gasteiger partial charge in [0.25, 0.3) is 0 Å². The lowest BCUT2D eigenvalue weighted by Gasteiger charge is -2.17. The first-order valence-corrected chi connectivity index (χ1v) is 6.71. The minimum absolute atomic E-state index is 0.157. The number of methoxy groups -OCH3 is 1. The van der Waals surface area contributed by atoms with Crippen molar-refractivity contribution in [2.45, 2.75) is 19.4 Å². The molecule has 3 nitrogen and oxygen atoms in total. The van der Waals surface area contributed by atoms with Crippen molar-refractivity contribution in [3.05, 3.63) is 34.9 Å². The van der Waals surface area contributed by atoms with E-state index in [2.05, 4.69) is 17.6 Å². The molecule has 1 rings (SSSR count). The number of hydrogen-bond acceptors (Lipinski definition) is 2. The molecule has 2 N–H and O–H groups in total. The van der Waals surface area contributed by atoms with Gasteiger partial charge in [-0.3, -0.25) is 0 Å². The van der Waals surface area contributed by atoms with Gasteiger partial charge in [-0.1, -0.05) is 23.7 Å². The minimum atomic E-state index is 0.157. The van der Waals surface area contributed by atoms with E-state index >= 15 is 0 Å². The van der Waals surface area contributed by atoms with Crippen LogP contribution in [0.5, 0.6) is 0 Å². The van der Waals surface area contributed by atoms with Gasteiger partial charge in [-0.2, -0.15) is 0 Å². The van der Waals surface area contributed by atoms with Gasteiger partial charge in [0.05, 0.1) is 6.04 Å². The minimum Gasteiger partial charge on any atom is -0.385 e. The Labute approximate surface area is 119 Å². The number of ether oxygens (including phenoxy) is 1. The molecule has 1 unspecified atom stereocenters. The summed E-state index contributed by atoms with van der Waals surface area (Å²) in [5.74, 6) is 0. The molecule has 0 saturated carbocycles. The predicted molar refractivity (Wildman–Crippen MR) is 80.1 cm³/mol. The first-order valence-electron chi connectivity index (χ1n) is 5.92. The van der Waals surface area contributed by atoms with E-state index < -0.39 is 0 Å². The maximum atomic E-state index is 5.85. The molecule has 5 heteroatoms.